The molecule has 4 fully saturated rings. The van der Waals surface area contributed by atoms with Crippen LogP contribution in [0.2, 0.25) is 0 Å². The lowest BCUT2D eigenvalue weighted by atomic mass is 9.46. The molecule has 1 aliphatic heterocycles. The number of hydrogen-bond acceptors (Lipinski definition) is 5. The molecule has 6 nitrogen and oxygen atoms in total. The summed E-state index contributed by atoms with van der Waals surface area (Å²) in [5, 5.41) is 8.12. The fourth-order valence-corrected chi connectivity index (χ4v) is 9.76. The Balaban J connectivity index is 1.22. The van der Waals surface area contributed by atoms with Crippen molar-refractivity contribution in [3.05, 3.63) is 11.6 Å². The second-order valence-electron chi connectivity index (χ2n) is 15.3. The number of carbonyl (C=O) groups is 2. The van der Waals surface area contributed by atoms with Gasteiger partial charge in [0, 0.05) is 37.5 Å². The molecule has 1 unspecified atom stereocenters. The van der Waals surface area contributed by atoms with Crippen molar-refractivity contribution >= 4 is 17.6 Å². The normalized spacial score (nSPS) is 39.6. The number of allylic oxidation sites excluding steroid dienone is 1. The van der Waals surface area contributed by atoms with E-state index in [4.69, 9.17) is 4.84 Å². The molecule has 0 radical (unpaired) electrons. The third-order valence-corrected chi connectivity index (χ3v) is 12.0. The number of fused-ring (bicyclic) bond motifs is 5. The molecule has 1 saturated heterocycles. The van der Waals surface area contributed by atoms with Gasteiger partial charge in [0.25, 0.3) is 0 Å². The molecule has 0 aromatic carbocycles. The first-order chi connectivity index (χ1) is 18.3. The topological polar surface area (TPSA) is 71.0 Å². The molecule has 0 aromatic heterocycles. The van der Waals surface area contributed by atoms with E-state index in [0.717, 1.165) is 50.3 Å². The van der Waals surface area contributed by atoms with Crippen LogP contribution < -0.4 is 5.32 Å². The van der Waals surface area contributed by atoms with Gasteiger partial charge in [-0.15, -0.1) is 0 Å². The average Bonchev–Trinajstić information content (AvgIpc) is 3.41. The van der Waals surface area contributed by atoms with Crippen LogP contribution in [0.1, 0.15) is 113 Å². The summed E-state index contributed by atoms with van der Waals surface area (Å²) in [6, 6.07) is 0.528. The number of nitrogens with one attached hydrogen (secondary N) is 1. The van der Waals surface area contributed by atoms with Crippen LogP contribution in [0.5, 0.6) is 0 Å². The third kappa shape index (κ3) is 5.36. The van der Waals surface area contributed by atoms with Gasteiger partial charge >= 0.3 is 6.09 Å². The minimum atomic E-state index is -0.323. The number of hydrogen-bond donors (Lipinski definition) is 1. The second kappa shape index (κ2) is 10.6. The molecule has 7 atom stereocenters. The predicted molar refractivity (Wildman–Crippen MR) is 156 cm³/mol. The summed E-state index contributed by atoms with van der Waals surface area (Å²) in [4.78, 5) is 32.7. The van der Waals surface area contributed by atoms with Gasteiger partial charge in [0.05, 0.1) is 5.71 Å². The standard InChI is InChI=1S/C33H53N3O3/c1-21(2)36(17-14-24-19-31(4,5)20-34-24)30(38)39-35-22(3)27-10-11-28-26-9-8-23-18-25(37)12-15-32(23,6)29(26)13-16-33(27,28)7/h18,21,24,26-29,34H,8-17,19-20H2,1-7H3/b35-22+/t24?,26-,27+,28-,29-,32-,33+/m0/s1. The number of carbonyl (C=O) groups excluding carboxylic acids is 2. The van der Waals surface area contributed by atoms with E-state index in [1.165, 1.54) is 31.3 Å². The lowest BCUT2D eigenvalue weighted by molar-refractivity contribution is -0.117. The summed E-state index contributed by atoms with van der Waals surface area (Å²) in [7, 11) is 0. The molecule has 4 aliphatic carbocycles. The van der Waals surface area contributed by atoms with Gasteiger partial charge in [-0.2, -0.15) is 0 Å². The first-order valence-electron chi connectivity index (χ1n) is 15.8. The van der Waals surface area contributed by atoms with Gasteiger partial charge in [-0.25, -0.2) is 4.79 Å². The zero-order chi connectivity index (χ0) is 28.2. The van der Waals surface area contributed by atoms with Crippen LogP contribution in [0.25, 0.3) is 0 Å². The van der Waals surface area contributed by atoms with Crippen molar-refractivity contribution in [1.82, 2.24) is 10.2 Å². The van der Waals surface area contributed by atoms with Gasteiger partial charge in [0.2, 0.25) is 0 Å². The lowest BCUT2D eigenvalue weighted by Gasteiger charge is -2.58. The number of rotatable bonds is 6. The molecule has 0 bridgehead atoms. The van der Waals surface area contributed by atoms with E-state index in [1.54, 1.807) is 0 Å². The van der Waals surface area contributed by atoms with Gasteiger partial charge in [-0.05, 0) is 119 Å². The molecule has 218 valence electrons. The zero-order valence-electron chi connectivity index (χ0n) is 25.6. The van der Waals surface area contributed by atoms with E-state index in [9.17, 15) is 9.59 Å². The Morgan fingerprint density at radius 3 is 2.56 bits per heavy atom. The maximum Gasteiger partial charge on any atom is 0.436 e. The highest BCUT2D eigenvalue weighted by Gasteiger charge is 2.59. The average molecular weight is 540 g/mol. The van der Waals surface area contributed by atoms with Crippen LogP contribution in [-0.2, 0) is 9.63 Å². The van der Waals surface area contributed by atoms with Crippen molar-refractivity contribution in [1.29, 1.82) is 0 Å². The highest BCUT2D eigenvalue weighted by atomic mass is 16.7. The van der Waals surface area contributed by atoms with E-state index in [1.807, 2.05) is 11.0 Å². The summed E-state index contributed by atoms with van der Waals surface area (Å²) in [5.74, 6) is 2.81. The predicted octanol–water partition coefficient (Wildman–Crippen LogP) is 7.14. The van der Waals surface area contributed by atoms with E-state index < -0.39 is 0 Å². The minimum absolute atomic E-state index is 0.0766. The van der Waals surface area contributed by atoms with Crippen molar-refractivity contribution in [3.8, 4) is 0 Å². The Kier molecular flexibility index (Phi) is 7.84. The molecule has 0 spiro atoms. The van der Waals surface area contributed by atoms with Gasteiger partial charge in [0.15, 0.2) is 5.78 Å². The summed E-state index contributed by atoms with van der Waals surface area (Å²) in [5.41, 5.74) is 3.17. The van der Waals surface area contributed by atoms with Crippen molar-refractivity contribution in [2.45, 2.75) is 125 Å². The van der Waals surface area contributed by atoms with Crippen LogP contribution in [0.4, 0.5) is 4.79 Å². The van der Waals surface area contributed by atoms with E-state index in [2.05, 4.69) is 58.9 Å². The first-order valence-corrected chi connectivity index (χ1v) is 15.8. The molecule has 3 saturated carbocycles. The highest BCUT2D eigenvalue weighted by Crippen LogP contribution is 2.66. The van der Waals surface area contributed by atoms with Gasteiger partial charge < -0.3 is 10.2 Å². The number of ketones is 1. The molecule has 6 heteroatoms. The van der Waals surface area contributed by atoms with Crippen LogP contribution in [0.3, 0.4) is 0 Å². The first kappa shape index (κ1) is 28.8. The van der Waals surface area contributed by atoms with Gasteiger partial charge in [0.1, 0.15) is 0 Å². The smallest absolute Gasteiger partial charge is 0.313 e. The van der Waals surface area contributed by atoms with E-state index in [0.29, 0.717) is 48.0 Å². The summed E-state index contributed by atoms with van der Waals surface area (Å²) < 4.78 is 0. The van der Waals surface area contributed by atoms with Crippen LogP contribution in [0, 0.1) is 39.9 Å². The summed E-state index contributed by atoms with van der Waals surface area (Å²) in [6.45, 7) is 17.4. The minimum Gasteiger partial charge on any atom is -0.313 e. The fourth-order valence-electron chi connectivity index (χ4n) is 9.76. The molecule has 0 aromatic rings. The third-order valence-electron chi connectivity index (χ3n) is 12.0. The van der Waals surface area contributed by atoms with Crippen molar-refractivity contribution in [2.75, 3.05) is 13.1 Å². The molecule has 1 amide bonds. The Hall–Kier alpha value is -1.69. The summed E-state index contributed by atoms with van der Waals surface area (Å²) in [6.07, 6.45) is 12.6. The monoisotopic (exact) mass is 539 g/mol. The Bertz CT molecular complexity index is 1030. The molecule has 1 N–H and O–H groups in total. The lowest BCUT2D eigenvalue weighted by Crippen LogP contribution is -2.51. The van der Waals surface area contributed by atoms with Crippen molar-refractivity contribution < 1.29 is 14.4 Å². The Morgan fingerprint density at radius 1 is 1.10 bits per heavy atom. The molecule has 39 heavy (non-hydrogen) atoms. The van der Waals surface area contributed by atoms with Crippen LogP contribution >= 0.6 is 0 Å². The molecule has 5 aliphatic rings. The molecule has 1 heterocycles. The molecular weight excluding hydrogens is 486 g/mol. The number of nitrogens with zero attached hydrogens (tertiary/aromatic N) is 2. The van der Waals surface area contributed by atoms with Crippen LogP contribution in [-0.4, -0.2) is 47.7 Å². The maximum absolute atomic E-state index is 13.1. The molecular formula is C33H53N3O3. The van der Waals surface area contributed by atoms with Crippen LogP contribution in [0.15, 0.2) is 16.8 Å². The Morgan fingerprint density at radius 2 is 1.87 bits per heavy atom. The Labute approximate surface area is 236 Å². The van der Waals surface area contributed by atoms with Gasteiger partial charge in [-0.1, -0.05) is 38.4 Å². The largest absolute Gasteiger partial charge is 0.436 e. The van der Waals surface area contributed by atoms with Crippen molar-refractivity contribution in [2.24, 2.45) is 45.1 Å². The summed E-state index contributed by atoms with van der Waals surface area (Å²) >= 11 is 0. The second-order valence-corrected chi connectivity index (χ2v) is 15.3. The highest BCUT2D eigenvalue weighted by molar-refractivity contribution is 5.91. The van der Waals surface area contributed by atoms with Crippen molar-refractivity contribution in [3.63, 3.8) is 0 Å². The maximum atomic E-state index is 13.1. The number of oxime groups is 1. The van der Waals surface area contributed by atoms with E-state index in [-0.39, 0.29) is 23.0 Å². The fraction of sp³-hybridized carbons (Fsp3) is 0.848. The SMILES string of the molecule is C/C(=N\OC(=O)N(CCC1CC(C)(C)CN1)C(C)C)[C@H]1CC[C@H]2[C@@H]3CCC4=CC(=O)CC[C@]4(C)[C@H]3CC[C@]12C. The molecule has 5 rings (SSSR count). The number of amides is 1. The quantitative estimate of drug-likeness (QED) is 0.221. The van der Waals surface area contributed by atoms with E-state index >= 15 is 0 Å². The zero-order valence-corrected chi connectivity index (χ0v) is 25.6. The van der Waals surface area contributed by atoms with Gasteiger partial charge in [-0.3, -0.25) is 9.63 Å².